The van der Waals surface area contributed by atoms with Crippen LogP contribution in [0.15, 0.2) is 65.8 Å². The largest absolute Gasteiger partial charge is 0.573 e. The molecule has 48 heavy (non-hydrogen) atoms. The Labute approximate surface area is 280 Å². The number of sulfonamides is 1. The second kappa shape index (κ2) is 13.5. The van der Waals surface area contributed by atoms with Gasteiger partial charge in [-0.2, -0.15) is 0 Å². The van der Waals surface area contributed by atoms with E-state index in [1.165, 1.54) is 24.1 Å². The van der Waals surface area contributed by atoms with Crippen LogP contribution in [0.2, 0.25) is 5.02 Å². The fourth-order valence-corrected chi connectivity index (χ4v) is 6.14. The van der Waals surface area contributed by atoms with Gasteiger partial charge in [-0.25, -0.2) is 8.42 Å². The molecule has 0 radical (unpaired) electrons. The number of fused-ring (bicyclic) bond motifs is 2. The van der Waals surface area contributed by atoms with Crippen LogP contribution in [0, 0.1) is 0 Å². The number of carbonyl (C=O) groups is 2. The Bertz CT molecular complexity index is 1850. The van der Waals surface area contributed by atoms with E-state index in [2.05, 4.69) is 15.2 Å². The summed E-state index contributed by atoms with van der Waals surface area (Å²) in [6.07, 6.45) is -2.68. The summed E-state index contributed by atoms with van der Waals surface area (Å²) >= 11 is 6.15. The van der Waals surface area contributed by atoms with Crippen molar-refractivity contribution in [1.82, 2.24) is 4.72 Å². The quantitative estimate of drug-likeness (QED) is 0.139. The number of nitrogens with one attached hydrogen (secondary N) is 2. The zero-order valence-corrected chi connectivity index (χ0v) is 27.6. The van der Waals surface area contributed by atoms with Crippen LogP contribution in [-0.4, -0.2) is 58.8 Å². The van der Waals surface area contributed by atoms with Crippen molar-refractivity contribution < 1.29 is 45.5 Å². The normalized spacial score (nSPS) is 15.8. The molecular weight excluding hydrogens is 677 g/mol. The Kier molecular flexibility index (Phi) is 9.83. The van der Waals surface area contributed by atoms with Crippen molar-refractivity contribution >= 4 is 50.5 Å². The average molecular weight is 709 g/mol. The van der Waals surface area contributed by atoms with Gasteiger partial charge in [0.1, 0.15) is 24.1 Å². The lowest BCUT2D eigenvalue weighted by atomic mass is 9.99. The Hall–Kier alpha value is -4.50. The topological polar surface area (TPSA) is 136 Å². The fraction of sp³-hybridized carbons (Fsp3) is 0.344. The first-order chi connectivity index (χ1) is 22.6. The Balaban J connectivity index is 1.42. The van der Waals surface area contributed by atoms with Crippen molar-refractivity contribution in [2.45, 2.75) is 44.0 Å². The summed E-state index contributed by atoms with van der Waals surface area (Å²) in [4.78, 5) is 32.9. The highest BCUT2D eigenvalue weighted by Crippen LogP contribution is 2.57. The predicted octanol–water partition coefficient (Wildman–Crippen LogP) is 5.69. The molecule has 3 aromatic rings. The highest BCUT2D eigenvalue weighted by Gasteiger charge is 2.54. The van der Waals surface area contributed by atoms with Gasteiger partial charge in [0.05, 0.1) is 31.2 Å². The Morgan fingerprint density at radius 1 is 1.06 bits per heavy atom. The zero-order chi connectivity index (χ0) is 34.9. The monoisotopic (exact) mass is 708 g/mol. The summed E-state index contributed by atoms with van der Waals surface area (Å²) in [6.45, 7) is 1.76. The van der Waals surface area contributed by atoms with Gasteiger partial charge in [0, 0.05) is 40.4 Å². The van der Waals surface area contributed by atoms with Gasteiger partial charge in [-0.15, -0.1) is 13.2 Å². The Morgan fingerprint density at radius 3 is 2.40 bits per heavy atom. The number of halogens is 4. The van der Waals surface area contributed by atoms with Crippen LogP contribution in [0.1, 0.15) is 48.9 Å². The van der Waals surface area contributed by atoms with Crippen LogP contribution in [0.5, 0.6) is 11.5 Å². The van der Waals surface area contributed by atoms with E-state index in [4.69, 9.17) is 21.2 Å². The number of alkyl halides is 3. The van der Waals surface area contributed by atoms with Gasteiger partial charge >= 0.3 is 6.36 Å². The molecule has 1 aliphatic carbocycles. The van der Waals surface area contributed by atoms with Crippen molar-refractivity contribution in [3.8, 4) is 11.5 Å². The number of rotatable bonds is 12. The molecule has 1 unspecified atom stereocenters. The number of carbonyl (C=O) groups excluding carboxylic acids is 2. The standard InChI is InChI=1S/C32H32ClF3N4O7S/c1-19(38-46-13-10-28(41)39-48(3,43)44)21-14-23(16-25(15-21)45-2)37-29(20-4-6-22(33)7-5-20)30(42)40-18-31(11-12-31)26-9-8-24(17-27(26)40)47-32(34,35)36/h4-9,14-17,29,37H,10-13,18H2,1-3H3,(H,39,41). The molecule has 0 aromatic heterocycles. The number of ether oxygens (including phenoxy) is 2. The minimum absolute atomic E-state index is 0.185. The summed E-state index contributed by atoms with van der Waals surface area (Å²) in [5, 5.41) is 7.74. The molecule has 1 spiro atoms. The molecule has 5 rings (SSSR count). The Morgan fingerprint density at radius 2 is 1.77 bits per heavy atom. The number of amides is 2. The van der Waals surface area contributed by atoms with Crippen LogP contribution in [-0.2, 0) is 29.9 Å². The molecular formula is C32H32ClF3N4O7S. The number of oxime groups is 1. The summed E-state index contributed by atoms with van der Waals surface area (Å²) in [5.74, 6) is -1.15. The third-order valence-electron chi connectivity index (χ3n) is 7.89. The molecule has 2 aliphatic rings. The highest BCUT2D eigenvalue weighted by atomic mass is 35.5. The van der Waals surface area contributed by atoms with Gasteiger partial charge in [0.2, 0.25) is 15.9 Å². The van der Waals surface area contributed by atoms with Crippen LogP contribution in [0.25, 0.3) is 0 Å². The minimum atomic E-state index is -4.89. The van der Waals surface area contributed by atoms with E-state index in [9.17, 15) is 31.2 Å². The van der Waals surface area contributed by atoms with Crippen LogP contribution < -0.4 is 24.4 Å². The van der Waals surface area contributed by atoms with Crippen molar-refractivity contribution in [3.63, 3.8) is 0 Å². The maximum absolute atomic E-state index is 14.4. The van der Waals surface area contributed by atoms with Gasteiger partial charge < -0.3 is 24.5 Å². The van der Waals surface area contributed by atoms with E-state index in [1.54, 1.807) is 55.5 Å². The first-order valence-corrected chi connectivity index (χ1v) is 16.9. The van der Waals surface area contributed by atoms with Crippen molar-refractivity contribution in [2.24, 2.45) is 5.16 Å². The smallest absolute Gasteiger partial charge is 0.497 e. The SMILES string of the molecule is COc1cc(NC(C(=O)N2CC3(CC3)c3ccc(OC(F)(F)F)cc32)c2ccc(Cl)cc2)cc(C(C)=NOCCC(=O)NS(C)(=O)=O)c1. The lowest BCUT2D eigenvalue weighted by Crippen LogP contribution is -2.38. The highest BCUT2D eigenvalue weighted by molar-refractivity contribution is 7.89. The molecule has 2 N–H and O–H groups in total. The predicted molar refractivity (Wildman–Crippen MR) is 173 cm³/mol. The minimum Gasteiger partial charge on any atom is -0.497 e. The number of anilines is 2. The second-order valence-electron chi connectivity index (χ2n) is 11.6. The summed E-state index contributed by atoms with van der Waals surface area (Å²) in [6, 6.07) is 14.8. The molecule has 16 heteroatoms. The second-order valence-corrected chi connectivity index (χ2v) is 13.8. The van der Waals surface area contributed by atoms with E-state index < -0.39 is 40.0 Å². The average Bonchev–Trinajstić information content (AvgIpc) is 3.72. The summed E-state index contributed by atoms with van der Waals surface area (Å²) in [7, 11) is -2.23. The number of hydrogen-bond acceptors (Lipinski definition) is 9. The van der Waals surface area contributed by atoms with E-state index in [1.807, 2.05) is 4.72 Å². The fourth-order valence-electron chi connectivity index (χ4n) is 5.49. The van der Waals surface area contributed by atoms with Crippen molar-refractivity contribution in [3.05, 3.63) is 82.4 Å². The number of hydrogen-bond donors (Lipinski definition) is 2. The molecule has 256 valence electrons. The third kappa shape index (κ3) is 8.50. The molecule has 0 bridgehead atoms. The van der Waals surface area contributed by atoms with Crippen molar-refractivity contribution in [1.29, 1.82) is 0 Å². The lowest BCUT2D eigenvalue weighted by Gasteiger charge is -2.27. The van der Waals surface area contributed by atoms with Gasteiger partial charge in [-0.3, -0.25) is 14.3 Å². The first-order valence-electron chi connectivity index (χ1n) is 14.7. The van der Waals surface area contributed by atoms with E-state index >= 15 is 0 Å². The summed E-state index contributed by atoms with van der Waals surface area (Å²) < 4.78 is 73.2. The number of nitrogens with zero attached hydrogens (tertiary/aromatic N) is 2. The lowest BCUT2D eigenvalue weighted by molar-refractivity contribution is -0.274. The molecule has 0 saturated heterocycles. The maximum atomic E-state index is 14.4. The molecule has 1 saturated carbocycles. The van der Waals surface area contributed by atoms with Gasteiger partial charge in [-0.1, -0.05) is 35.0 Å². The van der Waals surface area contributed by atoms with Gasteiger partial charge in [-0.05, 0) is 61.2 Å². The number of benzene rings is 3. The molecule has 1 heterocycles. The third-order valence-corrected chi connectivity index (χ3v) is 8.74. The van der Waals surface area contributed by atoms with E-state index in [0.717, 1.165) is 24.7 Å². The molecule has 1 aliphatic heterocycles. The van der Waals surface area contributed by atoms with Crippen LogP contribution in [0.3, 0.4) is 0 Å². The zero-order valence-electron chi connectivity index (χ0n) is 26.1. The van der Waals surface area contributed by atoms with Crippen molar-refractivity contribution in [2.75, 3.05) is 36.7 Å². The molecule has 2 amide bonds. The van der Waals surface area contributed by atoms with Gasteiger partial charge in [0.15, 0.2) is 0 Å². The van der Waals surface area contributed by atoms with Crippen LogP contribution in [0.4, 0.5) is 24.5 Å². The first kappa shape index (κ1) is 34.8. The molecule has 3 aromatic carbocycles. The van der Waals surface area contributed by atoms with E-state index in [-0.39, 0.29) is 18.4 Å². The molecule has 11 nitrogen and oxygen atoms in total. The van der Waals surface area contributed by atoms with Gasteiger partial charge in [0.25, 0.3) is 5.91 Å². The molecule has 1 atom stereocenters. The number of methoxy groups -OCH3 is 1. The molecule has 1 fully saturated rings. The van der Waals surface area contributed by atoms with E-state index in [0.29, 0.717) is 45.5 Å². The summed E-state index contributed by atoms with van der Waals surface area (Å²) in [5.41, 5.74) is 2.76. The van der Waals surface area contributed by atoms with Crippen LogP contribution >= 0.6 is 11.6 Å². The maximum Gasteiger partial charge on any atom is 0.573 e.